The minimum atomic E-state index is 0.170. The van der Waals surface area contributed by atoms with Crippen LogP contribution in [0, 0.1) is 0 Å². The summed E-state index contributed by atoms with van der Waals surface area (Å²) < 4.78 is 5.25. The number of hydrogen-bond acceptors (Lipinski definition) is 3. The maximum Gasteiger partial charge on any atom is 0.164 e. The van der Waals surface area contributed by atoms with Crippen molar-refractivity contribution in [3.63, 3.8) is 0 Å². The van der Waals surface area contributed by atoms with Crippen LogP contribution >= 0.6 is 0 Å². The fraction of sp³-hybridized carbons (Fsp3) is 0.278. The third-order valence-corrected chi connectivity index (χ3v) is 3.49. The van der Waals surface area contributed by atoms with Crippen LogP contribution in [0.5, 0.6) is 5.75 Å². The van der Waals surface area contributed by atoms with Crippen molar-refractivity contribution in [3.05, 3.63) is 59.7 Å². The van der Waals surface area contributed by atoms with Crippen LogP contribution in [0.1, 0.15) is 29.3 Å². The summed E-state index contributed by atoms with van der Waals surface area (Å²) in [6.45, 7) is 2.62. The van der Waals surface area contributed by atoms with Gasteiger partial charge in [-0.25, -0.2) is 0 Å². The summed E-state index contributed by atoms with van der Waals surface area (Å²) in [6.07, 6.45) is 0.518. The highest BCUT2D eigenvalue weighted by Crippen LogP contribution is 2.23. The molecule has 0 aromatic heterocycles. The maximum atomic E-state index is 12.0. The minimum Gasteiger partial charge on any atom is -0.497 e. The Balaban J connectivity index is 2.24. The Bertz CT molecular complexity index is 622. The molecule has 0 saturated carbocycles. The van der Waals surface area contributed by atoms with E-state index in [1.807, 2.05) is 56.4 Å². The molecule has 0 saturated heterocycles. The third-order valence-electron chi connectivity index (χ3n) is 3.49. The number of nitrogens with zero attached hydrogens (tertiary/aromatic N) is 1. The van der Waals surface area contributed by atoms with Crippen molar-refractivity contribution in [2.45, 2.75) is 19.9 Å². The van der Waals surface area contributed by atoms with Crippen molar-refractivity contribution >= 4 is 11.5 Å². The lowest BCUT2D eigenvalue weighted by atomic mass is 10.1. The first kappa shape index (κ1) is 15.1. The Morgan fingerprint density at radius 3 is 2.62 bits per heavy atom. The molecule has 3 heteroatoms. The summed E-state index contributed by atoms with van der Waals surface area (Å²) in [6, 6.07) is 15.7. The van der Waals surface area contributed by atoms with Crippen LogP contribution in [0.25, 0.3) is 0 Å². The van der Waals surface area contributed by atoms with Crippen molar-refractivity contribution in [1.82, 2.24) is 0 Å². The molecule has 0 bridgehead atoms. The normalized spacial score (nSPS) is 10.2. The second-order valence-electron chi connectivity index (χ2n) is 5.00. The van der Waals surface area contributed by atoms with Gasteiger partial charge < -0.3 is 9.64 Å². The summed E-state index contributed by atoms with van der Waals surface area (Å²) in [7, 11) is 3.67. The fourth-order valence-electron chi connectivity index (χ4n) is 2.36. The van der Waals surface area contributed by atoms with Crippen LogP contribution < -0.4 is 9.64 Å². The van der Waals surface area contributed by atoms with Gasteiger partial charge in [-0.3, -0.25) is 4.79 Å². The van der Waals surface area contributed by atoms with E-state index in [0.717, 1.165) is 29.1 Å². The quantitative estimate of drug-likeness (QED) is 0.752. The van der Waals surface area contributed by atoms with Gasteiger partial charge in [-0.2, -0.15) is 0 Å². The molecule has 0 amide bonds. The third kappa shape index (κ3) is 3.63. The van der Waals surface area contributed by atoms with Crippen molar-refractivity contribution in [2.24, 2.45) is 0 Å². The first-order valence-electron chi connectivity index (χ1n) is 7.12. The Morgan fingerprint density at radius 1 is 1.14 bits per heavy atom. The van der Waals surface area contributed by atoms with Gasteiger partial charge in [0.1, 0.15) is 5.75 Å². The number of carbonyl (C=O) groups is 1. The number of rotatable bonds is 6. The van der Waals surface area contributed by atoms with Gasteiger partial charge in [0.25, 0.3) is 0 Å². The number of carbonyl (C=O) groups excluding carboxylic acids is 1. The summed E-state index contributed by atoms with van der Waals surface area (Å²) >= 11 is 0. The number of methoxy groups -OCH3 is 1. The van der Waals surface area contributed by atoms with Crippen LogP contribution in [0.15, 0.2) is 48.5 Å². The molecule has 0 aliphatic carbocycles. The largest absolute Gasteiger partial charge is 0.497 e. The van der Waals surface area contributed by atoms with Gasteiger partial charge >= 0.3 is 0 Å². The van der Waals surface area contributed by atoms with Gasteiger partial charge in [-0.1, -0.05) is 31.2 Å². The zero-order valence-electron chi connectivity index (χ0n) is 12.8. The van der Waals surface area contributed by atoms with E-state index in [4.69, 9.17) is 4.74 Å². The van der Waals surface area contributed by atoms with Crippen molar-refractivity contribution < 1.29 is 9.53 Å². The second kappa shape index (κ2) is 6.93. The predicted octanol–water partition coefficient (Wildman–Crippen LogP) is 3.92. The number of para-hydroxylation sites is 1. The number of Topliss-reactive ketones (excluding diaryl/α,β-unsaturated/α-hetero) is 1. The highest BCUT2D eigenvalue weighted by molar-refractivity contribution is 6.01. The van der Waals surface area contributed by atoms with E-state index in [1.54, 1.807) is 7.11 Å². The number of anilines is 1. The second-order valence-corrected chi connectivity index (χ2v) is 5.00. The zero-order valence-corrected chi connectivity index (χ0v) is 12.8. The van der Waals surface area contributed by atoms with Gasteiger partial charge in [0.15, 0.2) is 5.78 Å². The van der Waals surface area contributed by atoms with E-state index in [9.17, 15) is 4.79 Å². The van der Waals surface area contributed by atoms with Crippen LogP contribution in [0.3, 0.4) is 0 Å². The molecule has 0 radical (unpaired) electrons. The molecular formula is C18H21NO2. The van der Waals surface area contributed by atoms with E-state index in [1.165, 1.54) is 0 Å². The molecule has 2 rings (SSSR count). The van der Waals surface area contributed by atoms with E-state index >= 15 is 0 Å². The van der Waals surface area contributed by atoms with Gasteiger partial charge in [-0.05, 0) is 29.8 Å². The Morgan fingerprint density at radius 2 is 1.90 bits per heavy atom. The van der Waals surface area contributed by atoms with Crippen molar-refractivity contribution in [1.29, 1.82) is 0 Å². The maximum absolute atomic E-state index is 12.0. The van der Waals surface area contributed by atoms with Gasteiger partial charge in [-0.15, -0.1) is 0 Å². The molecule has 0 spiro atoms. The summed E-state index contributed by atoms with van der Waals surface area (Å²) in [5.41, 5.74) is 2.90. The van der Waals surface area contributed by atoms with E-state index < -0.39 is 0 Å². The first-order chi connectivity index (χ1) is 10.2. The van der Waals surface area contributed by atoms with Crippen molar-refractivity contribution in [2.75, 3.05) is 19.1 Å². The molecule has 3 nitrogen and oxygen atoms in total. The highest BCUT2D eigenvalue weighted by atomic mass is 16.5. The predicted molar refractivity (Wildman–Crippen MR) is 86.2 cm³/mol. The molecule has 0 heterocycles. The molecule has 0 unspecified atom stereocenters. The van der Waals surface area contributed by atoms with Gasteiger partial charge in [0.2, 0.25) is 0 Å². The summed E-state index contributed by atoms with van der Waals surface area (Å²) in [5, 5.41) is 0. The lowest BCUT2D eigenvalue weighted by Gasteiger charge is -2.22. The van der Waals surface area contributed by atoms with Gasteiger partial charge in [0, 0.05) is 31.3 Å². The topological polar surface area (TPSA) is 29.5 Å². The number of benzene rings is 2. The van der Waals surface area contributed by atoms with Crippen LogP contribution in [-0.4, -0.2) is 19.9 Å². The molecular weight excluding hydrogens is 262 g/mol. The molecule has 0 aliphatic heterocycles. The van der Waals surface area contributed by atoms with Crippen LogP contribution in [-0.2, 0) is 6.54 Å². The smallest absolute Gasteiger partial charge is 0.164 e. The highest BCUT2D eigenvalue weighted by Gasteiger charge is 2.12. The van der Waals surface area contributed by atoms with Crippen LogP contribution in [0.4, 0.5) is 5.69 Å². The SMILES string of the molecule is CCC(=O)c1ccccc1N(C)Cc1cccc(OC)c1. The molecule has 2 aromatic rings. The van der Waals surface area contributed by atoms with E-state index in [0.29, 0.717) is 6.42 Å². The molecule has 0 atom stereocenters. The average Bonchev–Trinajstić information content (AvgIpc) is 2.54. The van der Waals surface area contributed by atoms with E-state index in [-0.39, 0.29) is 5.78 Å². The number of ketones is 1. The number of ether oxygens (including phenoxy) is 1. The number of hydrogen-bond donors (Lipinski definition) is 0. The Labute approximate surface area is 126 Å². The summed E-state index contributed by atoms with van der Waals surface area (Å²) in [4.78, 5) is 14.1. The lowest BCUT2D eigenvalue weighted by molar-refractivity contribution is 0.0988. The van der Waals surface area contributed by atoms with Gasteiger partial charge in [0.05, 0.1) is 7.11 Å². The monoisotopic (exact) mass is 283 g/mol. The lowest BCUT2D eigenvalue weighted by Crippen LogP contribution is -2.19. The van der Waals surface area contributed by atoms with E-state index in [2.05, 4.69) is 11.0 Å². The molecule has 0 fully saturated rings. The first-order valence-corrected chi connectivity index (χ1v) is 7.12. The fourth-order valence-corrected chi connectivity index (χ4v) is 2.36. The Kier molecular flexibility index (Phi) is 4.99. The van der Waals surface area contributed by atoms with Crippen LogP contribution in [0.2, 0.25) is 0 Å². The zero-order chi connectivity index (χ0) is 15.2. The molecule has 110 valence electrons. The molecule has 2 aromatic carbocycles. The molecule has 21 heavy (non-hydrogen) atoms. The van der Waals surface area contributed by atoms with Crippen molar-refractivity contribution in [3.8, 4) is 5.75 Å². The average molecular weight is 283 g/mol. The minimum absolute atomic E-state index is 0.170. The Hall–Kier alpha value is -2.29. The summed E-state index contributed by atoms with van der Waals surface area (Å²) in [5.74, 6) is 1.02. The standard InChI is InChI=1S/C18H21NO2/c1-4-18(20)16-10-5-6-11-17(16)19(2)13-14-8-7-9-15(12-14)21-3/h5-12H,4,13H2,1-3H3. The molecule has 0 N–H and O–H groups in total. The molecule has 0 aliphatic rings.